The summed E-state index contributed by atoms with van der Waals surface area (Å²) in [4.78, 5) is 0. The zero-order valence-corrected chi connectivity index (χ0v) is 9.94. The van der Waals surface area contributed by atoms with Crippen molar-refractivity contribution in [3.8, 4) is 5.75 Å². The van der Waals surface area contributed by atoms with Crippen molar-refractivity contribution in [2.24, 2.45) is 0 Å². The Hall–Kier alpha value is -0.500. The first-order chi connectivity index (χ1) is 6.22. The Labute approximate surface area is 88.2 Å². The minimum atomic E-state index is 1.00. The number of hydrogen-bond donors (Lipinski definition) is 0. The largest absolute Gasteiger partial charge is 0.496 e. The van der Waals surface area contributed by atoms with Gasteiger partial charge in [-0.1, -0.05) is 29.8 Å². The van der Waals surface area contributed by atoms with Gasteiger partial charge in [0.2, 0.25) is 0 Å². The molecule has 1 rings (SSSR count). The van der Waals surface area contributed by atoms with Crippen molar-refractivity contribution in [3.63, 3.8) is 0 Å². The third kappa shape index (κ3) is 2.25. The van der Waals surface area contributed by atoms with Gasteiger partial charge in [-0.3, -0.25) is 0 Å². The molecule has 0 bridgehead atoms. The molecule has 0 spiro atoms. The van der Waals surface area contributed by atoms with E-state index < -0.39 is 0 Å². The predicted octanol–water partition coefficient (Wildman–Crippen LogP) is 3.58. The van der Waals surface area contributed by atoms with Crippen molar-refractivity contribution < 1.29 is 4.74 Å². The summed E-state index contributed by atoms with van der Waals surface area (Å²) in [5.74, 6) is 1.00. The molecule has 2 heteroatoms. The molecule has 0 aliphatic rings. The van der Waals surface area contributed by atoms with E-state index in [0.717, 1.165) is 18.6 Å². The zero-order valence-electron chi connectivity index (χ0n) is 8.36. The first kappa shape index (κ1) is 10.6. The highest BCUT2D eigenvalue weighted by Gasteiger charge is 2.05. The predicted molar refractivity (Wildman–Crippen MR) is 59.5 cm³/mol. The summed E-state index contributed by atoms with van der Waals surface area (Å²) in [6.45, 7) is 4.28. The second kappa shape index (κ2) is 4.66. The summed E-state index contributed by atoms with van der Waals surface area (Å²) >= 11 is 3.56. The molecule has 0 amide bonds. The monoisotopic (exact) mass is 242 g/mol. The van der Waals surface area contributed by atoms with Crippen LogP contribution in [0.1, 0.15) is 25.0 Å². The molecule has 0 saturated heterocycles. The molecule has 0 heterocycles. The van der Waals surface area contributed by atoms with Gasteiger partial charge in [-0.05, 0) is 36.1 Å². The third-order valence-corrected chi connectivity index (χ3v) is 2.95. The summed E-state index contributed by atoms with van der Waals surface area (Å²) < 4.78 is 6.50. The molecule has 0 atom stereocenters. The van der Waals surface area contributed by atoms with Crippen molar-refractivity contribution in [1.82, 2.24) is 0 Å². The van der Waals surface area contributed by atoms with Gasteiger partial charge >= 0.3 is 0 Å². The Morgan fingerprint density at radius 3 is 2.23 bits per heavy atom. The number of benzene rings is 1. The second-order valence-electron chi connectivity index (χ2n) is 2.96. The smallest absolute Gasteiger partial charge is 0.122 e. The fourth-order valence-corrected chi connectivity index (χ4v) is 2.05. The molecule has 72 valence electrons. The SMILES string of the molecule is CCc1cc(OC)c(CC)cc1Br. The molecule has 0 N–H and O–H groups in total. The highest BCUT2D eigenvalue weighted by molar-refractivity contribution is 9.10. The Morgan fingerprint density at radius 2 is 1.77 bits per heavy atom. The summed E-state index contributed by atoms with van der Waals surface area (Å²) in [6, 6.07) is 4.26. The van der Waals surface area contributed by atoms with E-state index in [9.17, 15) is 0 Å². The second-order valence-corrected chi connectivity index (χ2v) is 3.82. The summed E-state index contributed by atoms with van der Waals surface area (Å²) in [5.41, 5.74) is 2.56. The molecule has 1 nitrogen and oxygen atoms in total. The zero-order chi connectivity index (χ0) is 9.84. The number of ether oxygens (including phenoxy) is 1. The first-order valence-electron chi connectivity index (χ1n) is 4.58. The maximum absolute atomic E-state index is 5.31. The Balaban J connectivity index is 3.18. The lowest BCUT2D eigenvalue weighted by atomic mass is 10.1. The van der Waals surface area contributed by atoms with E-state index in [2.05, 4.69) is 41.9 Å². The van der Waals surface area contributed by atoms with Crippen LogP contribution in [0.25, 0.3) is 0 Å². The van der Waals surface area contributed by atoms with E-state index >= 15 is 0 Å². The lowest BCUT2D eigenvalue weighted by Gasteiger charge is -2.10. The van der Waals surface area contributed by atoms with Gasteiger partial charge in [0.25, 0.3) is 0 Å². The van der Waals surface area contributed by atoms with Crippen molar-refractivity contribution in [2.75, 3.05) is 7.11 Å². The van der Waals surface area contributed by atoms with Crippen LogP contribution in [0.5, 0.6) is 5.75 Å². The van der Waals surface area contributed by atoms with E-state index in [0.29, 0.717) is 0 Å². The van der Waals surface area contributed by atoms with Crippen LogP contribution < -0.4 is 4.74 Å². The van der Waals surface area contributed by atoms with E-state index in [4.69, 9.17) is 4.74 Å². The molecular formula is C11H15BrO. The molecule has 0 aromatic heterocycles. The van der Waals surface area contributed by atoms with Crippen molar-refractivity contribution in [3.05, 3.63) is 27.7 Å². The lowest BCUT2D eigenvalue weighted by Crippen LogP contribution is -1.93. The maximum Gasteiger partial charge on any atom is 0.122 e. The van der Waals surface area contributed by atoms with Gasteiger partial charge in [-0.2, -0.15) is 0 Å². The van der Waals surface area contributed by atoms with Crippen LogP contribution in [0.3, 0.4) is 0 Å². The van der Waals surface area contributed by atoms with Gasteiger partial charge in [0.1, 0.15) is 5.75 Å². The van der Waals surface area contributed by atoms with Crippen LogP contribution in [0.15, 0.2) is 16.6 Å². The quantitative estimate of drug-likeness (QED) is 0.788. The minimum absolute atomic E-state index is 1.00. The molecule has 0 aliphatic heterocycles. The standard InChI is InChI=1S/C11H15BrO/c1-4-8-7-11(13-3)9(5-2)6-10(8)12/h6-7H,4-5H2,1-3H3. The van der Waals surface area contributed by atoms with Crippen molar-refractivity contribution in [1.29, 1.82) is 0 Å². The van der Waals surface area contributed by atoms with Gasteiger partial charge in [0.05, 0.1) is 7.11 Å². The van der Waals surface area contributed by atoms with Crippen molar-refractivity contribution >= 4 is 15.9 Å². The normalized spacial score (nSPS) is 10.2. The summed E-state index contributed by atoms with van der Waals surface area (Å²) in [7, 11) is 1.72. The van der Waals surface area contributed by atoms with Crippen LogP contribution in [0.2, 0.25) is 0 Å². The van der Waals surface area contributed by atoms with E-state index in [1.54, 1.807) is 7.11 Å². The molecule has 1 aromatic carbocycles. The molecule has 1 aromatic rings. The summed E-state index contributed by atoms with van der Waals surface area (Å²) in [5, 5.41) is 0. The van der Waals surface area contributed by atoms with Crippen molar-refractivity contribution in [2.45, 2.75) is 26.7 Å². The number of halogens is 1. The van der Waals surface area contributed by atoms with E-state index in [1.165, 1.54) is 15.6 Å². The highest BCUT2D eigenvalue weighted by Crippen LogP contribution is 2.27. The van der Waals surface area contributed by atoms with Crippen LogP contribution in [-0.4, -0.2) is 7.11 Å². The van der Waals surface area contributed by atoms with Crippen LogP contribution in [0, 0.1) is 0 Å². The first-order valence-corrected chi connectivity index (χ1v) is 5.37. The highest BCUT2D eigenvalue weighted by atomic mass is 79.9. The number of aryl methyl sites for hydroxylation is 2. The minimum Gasteiger partial charge on any atom is -0.496 e. The summed E-state index contributed by atoms with van der Waals surface area (Å²) in [6.07, 6.45) is 2.03. The Bertz CT molecular complexity index is 294. The van der Waals surface area contributed by atoms with E-state index in [-0.39, 0.29) is 0 Å². The fraction of sp³-hybridized carbons (Fsp3) is 0.455. The molecule has 0 saturated carbocycles. The van der Waals surface area contributed by atoms with Crippen LogP contribution >= 0.6 is 15.9 Å². The van der Waals surface area contributed by atoms with Crippen LogP contribution in [-0.2, 0) is 12.8 Å². The average Bonchev–Trinajstić information content (AvgIpc) is 2.17. The fourth-order valence-electron chi connectivity index (χ4n) is 1.37. The number of rotatable bonds is 3. The maximum atomic E-state index is 5.31. The Morgan fingerprint density at radius 1 is 1.15 bits per heavy atom. The number of methoxy groups -OCH3 is 1. The lowest BCUT2D eigenvalue weighted by molar-refractivity contribution is 0.409. The van der Waals surface area contributed by atoms with Gasteiger partial charge in [0, 0.05) is 4.47 Å². The average molecular weight is 243 g/mol. The Kier molecular flexibility index (Phi) is 3.79. The molecule has 0 unspecified atom stereocenters. The number of hydrogen-bond acceptors (Lipinski definition) is 1. The van der Waals surface area contributed by atoms with Gasteiger partial charge in [-0.15, -0.1) is 0 Å². The van der Waals surface area contributed by atoms with Crippen LogP contribution in [0.4, 0.5) is 0 Å². The molecule has 13 heavy (non-hydrogen) atoms. The topological polar surface area (TPSA) is 9.23 Å². The molecular weight excluding hydrogens is 228 g/mol. The van der Waals surface area contributed by atoms with E-state index in [1.807, 2.05) is 0 Å². The van der Waals surface area contributed by atoms with Gasteiger partial charge < -0.3 is 4.74 Å². The molecule has 0 fully saturated rings. The molecule has 0 aliphatic carbocycles. The third-order valence-electron chi connectivity index (χ3n) is 2.21. The van der Waals surface area contributed by atoms with Gasteiger partial charge in [0.15, 0.2) is 0 Å². The van der Waals surface area contributed by atoms with Gasteiger partial charge in [-0.25, -0.2) is 0 Å². The molecule has 0 radical (unpaired) electrons.